The summed E-state index contributed by atoms with van der Waals surface area (Å²) in [6, 6.07) is 5.74. The lowest BCUT2D eigenvalue weighted by Gasteiger charge is -2.20. The van der Waals surface area contributed by atoms with E-state index in [1.807, 2.05) is 37.1 Å². The Labute approximate surface area is 110 Å². The lowest BCUT2D eigenvalue weighted by molar-refractivity contribution is -0.120. The summed E-state index contributed by atoms with van der Waals surface area (Å²) in [7, 11) is 1.93. The molecule has 0 bridgehead atoms. The largest absolute Gasteiger partial charge is 0.397 e. The van der Waals surface area contributed by atoms with Crippen LogP contribution in [0.15, 0.2) is 22.7 Å². The van der Waals surface area contributed by atoms with Crippen LogP contribution in [0.25, 0.3) is 0 Å². The van der Waals surface area contributed by atoms with E-state index in [1.54, 1.807) is 0 Å². The van der Waals surface area contributed by atoms with Gasteiger partial charge in [-0.1, -0.05) is 15.9 Å². The molecule has 0 fully saturated rings. The molecule has 3 N–H and O–H groups in total. The van der Waals surface area contributed by atoms with Gasteiger partial charge in [0.2, 0.25) is 5.91 Å². The van der Waals surface area contributed by atoms with Gasteiger partial charge in [-0.25, -0.2) is 0 Å². The SMILES string of the molecule is CCNC(=O)CCN(C)c1ccc(Br)cc1N. The summed E-state index contributed by atoms with van der Waals surface area (Å²) in [6.07, 6.45) is 0.472. The molecular weight excluding hydrogens is 282 g/mol. The third kappa shape index (κ3) is 4.26. The number of nitrogens with two attached hydrogens (primary N) is 1. The van der Waals surface area contributed by atoms with E-state index in [-0.39, 0.29) is 5.91 Å². The highest BCUT2D eigenvalue weighted by Gasteiger charge is 2.07. The van der Waals surface area contributed by atoms with Crippen LogP contribution in [-0.4, -0.2) is 26.0 Å². The normalized spacial score (nSPS) is 10.1. The van der Waals surface area contributed by atoms with Crippen molar-refractivity contribution in [1.82, 2.24) is 5.32 Å². The lowest BCUT2D eigenvalue weighted by atomic mass is 10.2. The molecule has 5 heteroatoms. The van der Waals surface area contributed by atoms with Crippen molar-refractivity contribution in [3.8, 4) is 0 Å². The Bertz CT molecular complexity index is 395. The molecule has 0 aliphatic rings. The average molecular weight is 300 g/mol. The summed E-state index contributed by atoms with van der Waals surface area (Å²) in [4.78, 5) is 13.3. The molecule has 17 heavy (non-hydrogen) atoms. The number of carbonyl (C=O) groups is 1. The van der Waals surface area contributed by atoms with Gasteiger partial charge in [0.25, 0.3) is 0 Å². The van der Waals surface area contributed by atoms with Crippen molar-refractivity contribution in [1.29, 1.82) is 0 Å². The second-order valence-electron chi connectivity index (χ2n) is 3.83. The minimum Gasteiger partial charge on any atom is -0.397 e. The molecule has 0 radical (unpaired) electrons. The fourth-order valence-electron chi connectivity index (χ4n) is 1.55. The van der Waals surface area contributed by atoms with E-state index in [1.165, 1.54) is 0 Å². The number of anilines is 2. The quantitative estimate of drug-likeness (QED) is 0.818. The van der Waals surface area contributed by atoms with Crippen LogP contribution in [-0.2, 0) is 4.79 Å². The summed E-state index contributed by atoms with van der Waals surface area (Å²) >= 11 is 3.37. The van der Waals surface area contributed by atoms with Crippen LogP contribution >= 0.6 is 15.9 Å². The monoisotopic (exact) mass is 299 g/mol. The highest BCUT2D eigenvalue weighted by molar-refractivity contribution is 9.10. The number of carbonyl (C=O) groups excluding carboxylic acids is 1. The molecule has 0 spiro atoms. The zero-order valence-corrected chi connectivity index (χ0v) is 11.8. The topological polar surface area (TPSA) is 58.4 Å². The van der Waals surface area contributed by atoms with E-state index in [4.69, 9.17) is 5.73 Å². The molecule has 1 aromatic rings. The van der Waals surface area contributed by atoms with Gasteiger partial charge in [-0.15, -0.1) is 0 Å². The number of hydrogen-bond acceptors (Lipinski definition) is 3. The Balaban J connectivity index is 2.57. The van der Waals surface area contributed by atoms with E-state index in [9.17, 15) is 4.79 Å². The van der Waals surface area contributed by atoms with Crippen LogP contribution in [0, 0.1) is 0 Å². The molecule has 0 saturated heterocycles. The van der Waals surface area contributed by atoms with Gasteiger partial charge in [-0.3, -0.25) is 4.79 Å². The maximum absolute atomic E-state index is 11.3. The molecular formula is C12H18BrN3O. The average Bonchev–Trinajstić information content (AvgIpc) is 2.26. The molecule has 0 aromatic heterocycles. The van der Waals surface area contributed by atoms with E-state index in [0.29, 0.717) is 25.2 Å². The number of halogens is 1. The Morgan fingerprint density at radius 3 is 2.82 bits per heavy atom. The zero-order valence-electron chi connectivity index (χ0n) is 10.2. The van der Waals surface area contributed by atoms with Crippen molar-refractivity contribution in [2.45, 2.75) is 13.3 Å². The smallest absolute Gasteiger partial charge is 0.221 e. The van der Waals surface area contributed by atoms with Crippen LogP contribution in [0.2, 0.25) is 0 Å². The van der Waals surface area contributed by atoms with Crippen molar-refractivity contribution >= 4 is 33.2 Å². The first-order valence-electron chi connectivity index (χ1n) is 5.57. The first-order valence-corrected chi connectivity index (χ1v) is 6.36. The van der Waals surface area contributed by atoms with Crippen molar-refractivity contribution < 1.29 is 4.79 Å². The minimum absolute atomic E-state index is 0.0648. The van der Waals surface area contributed by atoms with Crippen LogP contribution in [0.3, 0.4) is 0 Å². The number of amides is 1. The number of hydrogen-bond donors (Lipinski definition) is 2. The van der Waals surface area contributed by atoms with E-state index in [0.717, 1.165) is 10.2 Å². The molecule has 0 unspecified atom stereocenters. The van der Waals surface area contributed by atoms with Gasteiger partial charge >= 0.3 is 0 Å². The third-order valence-corrected chi connectivity index (χ3v) is 2.94. The maximum Gasteiger partial charge on any atom is 0.221 e. The Morgan fingerprint density at radius 1 is 1.53 bits per heavy atom. The predicted molar refractivity (Wildman–Crippen MR) is 75.1 cm³/mol. The minimum atomic E-state index is 0.0648. The summed E-state index contributed by atoms with van der Waals surface area (Å²) < 4.78 is 0.955. The summed E-state index contributed by atoms with van der Waals surface area (Å²) in [5.74, 6) is 0.0648. The summed E-state index contributed by atoms with van der Waals surface area (Å²) in [5.41, 5.74) is 7.56. The van der Waals surface area contributed by atoms with Gasteiger partial charge in [-0.05, 0) is 25.1 Å². The molecule has 1 rings (SSSR count). The summed E-state index contributed by atoms with van der Waals surface area (Å²) in [5, 5.41) is 2.77. The molecule has 0 aliphatic carbocycles. The Morgan fingerprint density at radius 2 is 2.24 bits per heavy atom. The fraction of sp³-hybridized carbons (Fsp3) is 0.417. The second kappa shape index (κ2) is 6.49. The van der Waals surface area contributed by atoms with Gasteiger partial charge in [-0.2, -0.15) is 0 Å². The van der Waals surface area contributed by atoms with Gasteiger partial charge in [0.15, 0.2) is 0 Å². The number of nitrogens with one attached hydrogen (secondary N) is 1. The van der Waals surface area contributed by atoms with Gasteiger partial charge in [0.1, 0.15) is 0 Å². The van der Waals surface area contributed by atoms with Crippen LogP contribution in [0.4, 0.5) is 11.4 Å². The van der Waals surface area contributed by atoms with Crippen molar-refractivity contribution in [2.24, 2.45) is 0 Å². The van der Waals surface area contributed by atoms with Gasteiger partial charge < -0.3 is 16.0 Å². The first kappa shape index (κ1) is 13.8. The van der Waals surface area contributed by atoms with E-state index in [2.05, 4.69) is 21.2 Å². The third-order valence-electron chi connectivity index (χ3n) is 2.45. The Kier molecular flexibility index (Phi) is 5.28. The number of nitrogens with zero attached hydrogens (tertiary/aromatic N) is 1. The second-order valence-corrected chi connectivity index (χ2v) is 4.74. The number of rotatable bonds is 5. The predicted octanol–water partition coefficient (Wildman–Crippen LogP) is 1.99. The molecule has 0 heterocycles. The molecule has 0 atom stereocenters. The van der Waals surface area contributed by atoms with Crippen molar-refractivity contribution in [3.05, 3.63) is 22.7 Å². The summed E-state index contributed by atoms with van der Waals surface area (Å²) in [6.45, 7) is 3.23. The molecule has 1 aromatic carbocycles. The molecule has 0 saturated carbocycles. The highest BCUT2D eigenvalue weighted by Crippen LogP contribution is 2.25. The maximum atomic E-state index is 11.3. The van der Waals surface area contributed by atoms with Crippen molar-refractivity contribution in [2.75, 3.05) is 30.8 Å². The van der Waals surface area contributed by atoms with Gasteiger partial charge in [0, 0.05) is 31.0 Å². The number of benzene rings is 1. The Hall–Kier alpha value is -1.23. The standard InChI is InChI=1S/C12H18BrN3O/c1-3-15-12(17)6-7-16(2)11-5-4-9(13)8-10(11)14/h4-5,8H,3,6-7,14H2,1-2H3,(H,15,17). The van der Waals surface area contributed by atoms with Gasteiger partial charge in [0.05, 0.1) is 11.4 Å². The van der Waals surface area contributed by atoms with E-state index >= 15 is 0 Å². The molecule has 94 valence electrons. The highest BCUT2D eigenvalue weighted by atomic mass is 79.9. The number of nitrogen functional groups attached to an aromatic ring is 1. The van der Waals surface area contributed by atoms with Crippen LogP contribution < -0.4 is 16.0 Å². The van der Waals surface area contributed by atoms with E-state index < -0.39 is 0 Å². The molecule has 1 amide bonds. The van der Waals surface area contributed by atoms with Crippen molar-refractivity contribution in [3.63, 3.8) is 0 Å². The lowest BCUT2D eigenvalue weighted by Crippen LogP contribution is -2.28. The molecule has 4 nitrogen and oxygen atoms in total. The first-order chi connectivity index (χ1) is 8.04. The van der Waals surface area contributed by atoms with Crippen LogP contribution in [0.1, 0.15) is 13.3 Å². The zero-order chi connectivity index (χ0) is 12.8. The molecule has 0 aliphatic heterocycles. The fourth-order valence-corrected chi connectivity index (χ4v) is 1.93. The van der Waals surface area contributed by atoms with Crippen LogP contribution in [0.5, 0.6) is 0 Å².